The summed E-state index contributed by atoms with van der Waals surface area (Å²) in [7, 11) is 0. The first-order chi connectivity index (χ1) is 12.4. The van der Waals surface area contributed by atoms with Crippen LogP contribution in [0, 0.1) is 0 Å². The summed E-state index contributed by atoms with van der Waals surface area (Å²) in [6.07, 6.45) is -3.72. The fourth-order valence-corrected chi connectivity index (χ4v) is 2.91. The number of aliphatic hydroxyl groups is 1. The van der Waals surface area contributed by atoms with Crippen LogP contribution >= 0.6 is 46.4 Å². The molecule has 0 aliphatic carbocycles. The summed E-state index contributed by atoms with van der Waals surface area (Å²) >= 11 is 23.8. The number of hydrazone groups is 1. The maximum Gasteiger partial charge on any atom is 0.455 e. The quantitative estimate of drug-likeness (QED) is 0.702. The first-order valence-electron chi connectivity index (χ1n) is 7.03. The highest BCUT2D eigenvalue weighted by Crippen LogP contribution is 2.48. The number of aromatic nitrogens is 5. The van der Waals surface area contributed by atoms with Crippen LogP contribution in [0.25, 0.3) is 0 Å². The van der Waals surface area contributed by atoms with Crippen LogP contribution < -0.4 is 5.01 Å². The van der Waals surface area contributed by atoms with E-state index in [4.69, 9.17) is 46.4 Å². The van der Waals surface area contributed by atoms with Gasteiger partial charge in [0.05, 0.1) is 10.7 Å². The van der Waals surface area contributed by atoms with E-state index in [0.717, 1.165) is 5.01 Å². The molecule has 2 aromatic heterocycles. The molecule has 0 aromatic carbocycles. The van der Waals surface area contributed by atoms with Crippen LogP contribution in [0.3, 0.4) is 0 Å². The van der Waals surface area contributed by atoms with Gasteiger partial charge in [-0.25, -0.2) is 9.99 Å². The SMILES string of the molecule is OC1(C(Cl)(Cl)Cl)CC(Cn2nnc(C(F)(F)F)n2)=NN1c1ncccc1Cl. The molecule has 0 bridgehead atoms. The van der Waals surface area contributed by atoms with Crippen molar-refractivity contribution >= 4 is 57.9 Å². The van der Waals surface area contributed by atoms with Crippen molar-refractivity contribution in [2.45, 2.75) is 28.7 Å². The Morgan fingerprint density at radius 1 is 1.26 bits per heavy atom. The number of tetrazole rings is 1. The maximum absolute atomic E-state index is 12.6. The Labute approximate surface area is 169 Å². The Hall–Kier alpha value is -1.40. The number of anilines is 1. The van der Waals surface area contributed by atoms with Gasteiger partial charge in [0.25, 0.3) is 5.82 Å². The lowest BCUT2D eigenvalue weighted by atomic mass is 10.1. The lowest BCUT2D eigenvalue weighted by molar-refractivity contribution is -0.145. The van der Waals surface area contributed by atoms with Crippen molar-refractivity contribution < 1.29 is 18.3 Å². The number of alkyl halides is 6. The molecule has 1 N–H and O–H groups in total. The zero-order valence-electron chi connectivity index (χ0n) is 12.9. The third-order valence-corrected chi connectivity index (χ3v) is 4.67. The van der Waals surface area contributed by atoms with E-state index in [1.165, 1.54) is 12.3 Å². The van der Waals surface area contributed by atoms with Crippen molar-refractivity contribution in [1.29, 1.82) is 0 Å². The molecule has 0 amide bonds. The van der Waals surface area contributed by atoms with Gasteiger partial charge < -0.3 is 5.11 Å². The number of hydrogen-bond acceptors (Lipinski definition) is 7. The van der Waals surface area contributed by atoms with E-state index in [-0.39, 0.29) is 29.5 Å². The average molecular weight is 465 g/mol. The molecule has 146 valence electrons. The van der Waals surface area contributed by atoms with Crippen LogP contribution in [0.5, 0.6) is 0 Å². The van der Waals surface area contributed by atoms with Gasteiger partial charge in [0.1, 0.15) is 6.54 Å². The predicted molar refractivity (Wildman–Crippen MR) is 91.8 cm³/mol. The second-order valence-corrected chi connectivity index (χ2v) is 8.11. The molecule has 3 rings (SSSR count). The molecule has 0 radical (unpaired) electrons. The molecule has 0 saturated heterocycles. The van der Waals surface area contributed by atoms with Gasteiger partial charge >= 0.3 is 6.18 Å². The highest BCUT2D eigenvalue weighted by molar-refractivity contribution is 6.68. The zero-order chi connectivity index (χ0) is 20.0. The molecule has 0 saturated carbocycles. The number of halogens is 7. The maximum atomic E-state index is 12.6. The summed E-state index contributed by atoms with van der Waals surface area (Å²) in [5.41, 5.74) is -2.09. The molecule has 0 spiro atoms. The monoisotopic (exact) mass is 463 g/mol. The highest BCUT2D eigenvalue weighted by Gasteiger charge is 2.57. The summed E-state index contributed by atoms with van der Waals surface area (Å²) in [6.45, 7) is -0.340. The summed E-state index contributed by atoms with van der Waals surface area (Å²) in [5, 5.41) is 25.5. The first-order valence-corrected chi connectivity index (χ1v) is 8.54. The molecule has 8 nitrogen and oxygen atoms in total. The van der Waals surface area contributed by atoms with E-state index in [1.54, 1.807) is 6.07 Å². The molecule has 1 unspecified atom stereocenters. The van der Waals surface area contributed by atoms with Gasteiger partial charge in [-0.3, -0.25) is 0 Å². The van der Waals surface area contributed by atoms with Crippen LogP contribution in [-0.4, -0.2) is 45.5 Å². The largest absolute Gasteiger partial charge is 0.455 e. The van der Waals surface area contributed by atoms with Gasteiger partial charge in [0.15, 0.2) is 5.82 Å². The summed E-state index contributed by atoms with van der Waals surface area (Å²) < 4.78 is 35.5. The lowest BCUT2D eigenvalue weighted by Crippen LogP contribution is -2.53. The van der Waals surface area contributed by atoms with E-state index in [9.17, 15) is 18.3 Å². The van der Waals surface area contributed by atoms with Gasteiger partial charge in [-0.1, -0.05) is 46.4 Å². The van der Waals surface area contributed by atoms with Gasteiger partial charge in [-0.15, -0.1) is 10.2 Å². The van der Waals surface area contributed by atoms with Gasteiger partial charge in [-0.05, 0) is 17.3 Å². The van der Waals surface area contributed by atoms with Gasteiger partial charge in [0, 0.05) is 12.6 Å². The van der Waals surface area contributed by atoms with Gasteiger partial charge in [-0.2, -0.15) is 23.1 Å². The van der Waals surface area contributed by atoms with Crippen LogP contribution in [0.1, 0.15) is 12.2 Å². The Morgan fingerprint density at radius 3 is 2.52 bits per heavy atom. The van der Waals surface area contributed by atoms with E-state index in [2.05, 4.69) is 25.5 Å². The molecule has 2 aromatic rings. The van der Waals surface area contributed by atoms with Crippen molar-refractivity contribution in [3.63, 3.8) is 0 Å². The number of nitrogens with zero attached hydrogens (tertiary/aromatic N) is 7. The zero-order valence-corrected chi connectivity index (χ0v) is 15.9. The topological polar surface area (TPSA) is 92.3 Å². The fraction of sp³-hybridized carbons (Fsp3) is 0.417. The fourth-order valence-electron chi connectivity index (χ4n) is 2.27. The molecule has 15 heteroatoms. The van der Waals surface area contributed by atoms with Crippen molar-refractivity contribution in [1.82, 2.24) is 25.2 Å². The molecule has 1 aliphatic rings. The van der Waals surface area contributed by atoms with Crippen molar-refractivity contribution in [3.8, 4) is 0 Å². The Kier molecular flexibility index (Phi) is 5.19. The highest BCUT2D eigenvalue weighted by atomic mass is 35.6. The van der Waals surface area contributed by atoms with Crippen LogP contribution in [0.15, 0.2) is 23.4 Å². The minimum absolute atomic E-state index is 0.00878. The van der Waals surface area contributed by atoms with Gasteiger partial charge in [0.2, 0.25) is 9.52 Å². The molecule has 1 atom stereocenters. The van der Waals surface area contributed by atoms with E-state index < -0.39 is 21.5 Å². The lowest BCUT2D eigenvalue weighted by Gasteiger charge is -2.37. The minimum atomic E-state index is -4.75. The van der Waals surface area contributed by atoms with Crippen molar-refractivity contribution in [3.05, 3.63) is 29.2 Å². The standard InChI is InChI=1S/C12H8Cl4F3N7O/c13-7-2-1-3-20-8(7)26-10(27,12(14,15)16)4-6(22-26)5-25-23-9(21-24-25)11(17,18)19/h1-3,27H,4-5H2. The smallest absolute Gasteiger partial charge is 0.365 e. The normalized spacial score (nSPS) is 20.9. The molecule has 27 heavy (non-hydrogen) atoms. The summed E-state index contributed by atoms with van der Waals surface area (Å²) in [5.74, 6) is -1.42. The Balaban J connectivity index is 1.94. The van der Waals surface area contributed by atoms with E-state index in [1.807, 2.05) is 0 Å². The van der Waals surface area contributed by atoms with Crippen molar-refractivity contribution in [2.24, 2.45) is 5.10 Å². The van der Waals surface area contributed by atoms with Crippen LogP contribution in [0.2, 0.25) is 5.02 Å². The molecule has 3 heterocycles. The number of rotatable bonds is 3. The minimum Gasteiger partial charge on any atom is -0.365 e. The summed E-state index contributed by atoms with van der Waals surface area (Å²) in [6, 6.07) is 3.02. The van der Waals surface area contributed by atoms with E-state index in [0.29, 0.717) is 4.80 Å². The third kappa shape index (κ3) is 3.92. The van der Waals surface area contributed by atoms with Crippen LogP contribution in [-0.2, 0) is 12.7 Å². The van der Waals surface area contributed by atoms with Crippen LogP contribution in [0.4, 0.5) is 19.0 Å². The van der Waals surface area contributed by atoms with Crippen molar-refractivity contribution in [2.75, 3.05) is 5.01 Å². The van der Waals surface area contributed by atoms with E-state index >= 15 is 0 Å². The Bertz CT molecular complexity index is 884. The first kappa shape index (κ1) is 20.3. The number of pyridine rings is 1. The molecular formula is C12H8Cl4F3N7O. The average Bonchev–Trinajstić information content (AvgIpc) is 3.13. The predicted octanol–water partition coefficient (Wildman–Crippen LogP) is 3.07. The molecule has 0 fully saturated rings. The Morgan fingerprint density at radius 2 is 1.96 bits per heavy atom. The second kappa shape index (κ2) is 6.89. The molecule has 1 aliphatic heterocycles. The molecular weight excluding hydrogens is 457 g/mol. The summed E-state index contributed by atoms with van der Waals surface area (Å²) in [4.78, 5) is 4.66. The number of hydrogen-bond donors (Lipinski definition) is 1. The second-order valence-electron chi connectivity index (χ2n) is 5.42. The third-order valence-electron chi connectivity index (χ3n) is 3.47.